The summed E-state index contributed by atoms with van der Waals surface area (Å²) in [6.07, 6.45) is 6.97. The summed E-state index contributed by atoms with van der Waals surface area (Å²) < 4.78 is 0. The molecule has 0 aliphatic carbocycles. The molecule has 28 heavy (non-hydrogen) atoms. The van der Waals surface area contributed by atoms with E-state index in [1.807, 2.05) is 17.0 Å². The maximum absolute atomic E-state index is 12.8. The van der Waals surface area contributed by atoms with Gasteiger partial charge in [-0.05, 0) is 37.0 Å². The Balaban J connectivity index is 0.00000280. The van der Waals surface area contributed by atoms with Gasteiger partial charge in [0.25, 0.3) is 0 Å². The van der Waals surface area contributed by atoms with Crippen LogP contribution in [0.15, 0.2) is 36.4 Å². The molecule has 1 aromatic carbocycles. The van der Waals surface area contributed by atoms with Crippen molar-refractivity contribution in [3.05, 3.63) is 59.3 Å². The van der Waals surface area contributed by atoms with Crippen LogP contribution in [0.4, 0.5) is 5.00 Å². The van der Waals surface area contributed by atoms with E-state index in [4.69, 9.17) is 0 Å². The number of hydrogen-bond acceptors (Lipinski definition) is 3. The van der Waals surface area contributed by atoms with Gasteiger partial charge in [-0.15, -0.1) is 11.3 Å². The molecule has 1 aromatic heterocycles. The van der Waals surface area contributed by atoms with E-state index >= 15 is 0 Å². The monoisotopic (exact) mass is 473 g/mol. The van der Waals surface area contributed by atoms with Crippen molar-refractivity contribution in [3.8, 4) is 0 Å². The van der Waals surface area contributed by atoms with Crippen LogP contribution in [0.1, 0.15) is 80.0 Å². The first-order chi connectivity index (χ1) is 13.1. The molecule has 1 fully saturated rings. The van der Waals surface area contributed by atoms with Crippen molar-refractivity contribution >= 4 is 22.2 Å². The Bertz CT molecular complexity index is 743. The molecular formula is C23H30NO2SY-. The van der Waals surface area contributed by atoms with Gasteiger partial charge in [0, 0.05) is 44.0 Å². The van der Waals surface area contributed by atoms with Crippen LogP contribution in [0.5, 0.6) is 0 Å². The van der Waals surface area contributed by atoms with Gasteiger partial charge in [-0.3, -0.25) is 9.69 Å². The molecule has 2 unspecified atom stereocenters. The predicted octanol–water partition coefficient (Wildman–Crippen LogP) is 5.99. The maximum atomic E-state index is 12.8. The summed E-state index contributed by atoms with van der Waals surface area (Å²) >= 11 is 1.56. The molecule has 3 rings (SSSR count). The van der Waals surface area contributed by atoms with Gasteiger partial charge < -0.3 is 12.0 Å². The SMILES string of the molecule is [CH2-]Cc1ccc(C2CCCC(=O)N2c2ccc(C(O)CCCCC)s2)cc1.[Y]. The van der Waals surface area contributed by atoms with Crippen molar-refractivity contribution in [2.24, 2.45) is 0 Å². The van der Waals surface area contributed by atoms with E-state index in [1.54, 1.807) is 11.3 Å². The Hall–Kier alpha value is -0.546. The molecule has 1 saturated heterocycles. The number of nitrogens with zero attached hydrogens (tertiary/aromatic N) is 1. The summed E-state index contributed by atoms with van der Waals surface area (Å²) in [6.45, 7) is 6.10. The van der Waals surface area contributed by atoms with Crippen LogP contribution < -0.4 is 4.90 Å². The molecule has 3 nitrogen and oxygen atoms in total. The standard InChI is InChI=1S/C23H30NO2S.Y/c1-3-5-6-9-20(25)21-15-16-23(27-21)24-19(8-7-10-22(24)26)18-13-11-17(4-2)12-14-18;/h11-16,19-20,25H,2-10H2,1H3;/q-1;. The van der Waals surface area contributed by atoms with Gasteiger partial charge in [-0.2, -0.15) is 6.42 Å². The van der Waals surface area contributed by atoms with Crippen molar-refractivity contribution in [1.82, 2.24) is 0 Å². The maximum Gasteiger partial charge on any atom is 0.228 e. The Morgan fingerprint density at radius 1 is 1.21 bits per heavy atom. The van der Waals surface area contributed by atoms with E-state index in [-0.39, 0.29) is 44.7 Å². The summed E-state index contributed by atoms with van der Waals surface area (Å²) in [5.74, 6) is 0.182. The van der Waals surface area contributed by atoms with Crippen LogP contribution in [0.2, 0.25) is 0 Å². The number of rotatable bonds is 8. The Morgan fingerprint density at radius 3 is 2.64 bits per heavy atom. The fourth-order valence-electron chi connectivity index (χ4n) is 3.75. The van der Waals surface area contributed by atoms with E-state index in [0.29, 0.717) is 6.42 Å². The number of anilines is 1. The van der Waals surface area contributed by atoms with Crippen molar-refractivity contribution in [3.63, 3.8) is 0 Å². The third-order valence-corrected chi connectivity index (χ3v) is 6.55. The summed E-state index contributed by atoms with van der Waals surface area (Å²) in [5.41, 5.74) is 2.39. The van der Waals surface area contributed by atoms with E-state index in [0.717, 1.165) is 54.8 Å². The molecule has 1 aliphatic heterocycles. The number of aliphatic hydroxyl groups is 1. The molecule has 5 heteroatoms. The number of thiophene rings is 1. The summed E-state index contributed by atoms with van der Waals surface area (Å²) in [7, 11) is 0. The van der Waals surface area contributed by atoms with Crippen LogP contribution in [0.25, 0.3) is 0 Å². The van der Waals surface area contributed by atoms with Crippen LogP contribution in [0.3, 0.4) is 0 Å². The Kier molecular flexibility index (Phi) is 9.82. The summed E-state index contributed by atoms with van der Waals surface area (Å²) in [5, 5.41) is 11.4. The number of amides is 1. The fourth-order valence-corrected chi connectivity index (χ4v) is 4.84. The molecular weight excluding hydrogens is 443 g/mol. The van der Waals surface area contributed by atoms with E-state index < -0.39 is 6.10 Å². The van der Waals surface area contributed by atoms with Crippen molar-refractivity contribution in [2.75, 3.05) is 4.90 Å². The Morgan fingerprint density at radius 2 is 1.96 bits per heavy atom. The molecule has 0 bridgehead atoms. The summed E-state index contributed by atoms with van der Waals surface area (Å²) in [6, 6.07) is 12.5. The van der Waals surface area contributed by atoms with Gasteiger partial charge >= 0.3 is 0 Å². The van der Waals surface area contributed by atoms with Crippen LogP contribution in [-0.4, -0.2) is 11.0 Å². The van der Waals surface area contributed by atoms with Gasteiger partial charge in [0.1, 0.15) is 0 Å². The third-order valence-electron chi connectivity index (χ3n) is 5.36. The normalized spacial score (nSPS) is 18.0. The largest absolute Gasteiger partial charge is 0.388 e. The van der Waals surface area contributed by atoms with Crippen molar-refractivity contribution < 1.29 is 42.6 Å². The minimum Gasteiger partial charge on any atom is -0.388 e. The van der Waals surface area contributed by atoms with E-state index in [9.17, 15) is 9.90 Å². The minimum absolute atomic E-state index is 0. The van der Waals surface area contributed by atoms with Gasteiger partial charge in [0.05, 0.1) is 17.1 Å². The number of piperidine rings is 1. The molecule has 1 amide bonds. The average molecular weight is 473 g/mol. The zero-order valence-electron chi connectivity index (χ0n) is 16.8. The first kappa shape index (κ1) is 23.7. The first-order valence-corrected chi connectivity index (χ1v) is 10.9. The van der Waals surface area contributed by atoms with Crippen molar-refractivity contribution in [2.45, 2.75) is 70.4 Å². The molecule has 2 heterocycles. The predicted molar refractivity (Wildman–Crippen MR) is 113 cm³/mol. The number of hydrogen-bond donors (Lipinski definition) is 1. The zero-order chi connectivity index (χ0) is 19.2. The second-order valence-electron chi connectivity index (χ2n) is 7.35. The molecule has 1 N–H and O–H groups in total. The van der Waals surface area contributed by atoms with Crippen LogP contribution in [0, 0.1) is 6.92 Å². The molecule has 1 aliphatic rings. The third kappa shape index (κ3) is 5.75. The van der Waals surface area contributed by atoms with Crippen LogP contribution >= 0.6 is 11.3 Å². The first-order valence-electron chi connectivity index (χ1n) is 10.1. The minimum atomic E-state index is -0.426. The van der Waals surface area contributed by atoms with Gasteiger partial charge in [0.15, 0.2) is 0 Å². The number of unbranched alkanes of at least 4 members (excludes halogenated alkanes) is 2. The molecule has 0 spiro atoms. The number of carbonyl (C=O) groups is 1. The van der Waals surface area contributed by atoms with Crippen molar-refractivity contribution in [1.29, 1.82) is 0 Å². The quantitative estimate of drug-likeness (QED) is 0.378. The van der Waals surface area contributed by atoms with Gasteiger partial charge in [-0.1, -0.05) is 56.0 Å². The zero-order valence-corrected chi connectivity index (χ0v) is 20.4. The second kappa shape index (κ2) is 11.6. The second-order valence-corrected chi connectivity index (χ2v) is 8.44. The van der Waals surface area contributed by atoms with Crippen LogP contribution in [-0.2, 0) is 43.9 Å². The van der Waals surface area contributed by atoms with E-state index in [1.165, 1.54) is 11.1 Å². The number of benzene rings is 1. The molecule has 2 atom stereocenters. The smallest absolute Gasteiger partial charge is 0.228 e. The topological polar surface area (TPSA) is 40.5 Å². The summed E-state index contributed by atoms with van der Waals surface area (Å²) in [4.78, 5) is 15.7. The fraction of sp³-hybridized carbons (Fsp3) is 0.478. The van der Waals surface area contributed by atoms with E-state index in [2.05, 4.69) is 38.1 Å². The molecule has 2 aromatic rings. The van der Waals surface area contributed by atoms with Gasteiger partial charge in [0.2, 0.25) is 5.91 Å². The van der Waals surface area contributed by atoms with Gasteiger partial charge in [-0.25, -0.2) is 0 Å². The number of carbonyl (C=O) groups excluding carboxylic acids is 1. The Labute approximate surface area is 198 Å². The molecule has 0 saturated carbocycles. The molecule has 149 valence electrons. The number of aliphatic hydroxyl groups excluding tert-OH is 1. The average Bonchev–Trinajstić information content (AvgIpc) is 3.18. The molecule has 1 radical (unpaired) electrons.